The lowest BCUT2D eigenvalue weighted by atomic mass is 9.80. The molecule has 0 radical (unpaired) electrons. The van der Waals surface area contributed by atoms with Gasteiger partial charge in [-0.05, 0) is 55.5 Å². The molecule has 3 aromatic rings. The van der Waals surface area contributed by atoms with Gasteiger partial charge < -0.3 is 30.7 Å². The Morgan fingerprint density at radius 1 is 1.18 bits per heavy atom. The topological polar surface area (TPSA) is 135 Å². The average molecular weight is 560 g/mol. The Labute approximate surface area is 237 Å². The summed E-state index contributed by atoms with van der Waals surface area (Å²) < 4.78 is 5.35. The van der Waals surface area contributed by atoms with Crippen LogP contribution in [-0.2, 0) is 4.79 Å². The Bertz CT molecular complexity index is 1480. The Morgan fingerprint density at radius 2 is 1.98 bits per heavy atom. The van der Waals surface area contributed by atoms with Crippen LogP contribution >= 0.6 is 11.6 Å². The molecule has 1 amide bonds. The summed E-state index contributed by atoms with van der Waals surface area (Å²) in [5.74, 6) is 1.07. The maximum Gasteiger partial charge on any atom is 0.251 e. The van der Waals surface area contributed by atoms with Crippen LogP contribution < -0.4 is 25.6 Å². The van der Waals surface area contributed by atoms with E-state index in [4.69, 9.17) is 16.3 Å². The molecular weight excluding hydrogens is 530 g/mol. The van der Waals surface area contributed by atoms with Crippen molar-refractivity contribution in [1.29, 1.82) is 5.26 Å². The number of halogens is 1. The quantitative estimate of drug-likeness (QED) is 0.255. The summed E-state index contributed by atoms with van der Waals surface area (Å²) >= 11 is 6.43. The molecule has 1 aromatic heterocycles. The van der Waals surface area contributed by atoms with Crippen molar-refractivity contribution in [2.45, 2.75) is 31.8 Å². The molecule has 40 heavy (non-hydrogen) atoms. The van der Waals surface area contributed by atoms with Gasteiger partial charge in [0.25, 0.3) is 5.91 Å². The van der Waals surface area contributed by atoms with Crippen LogP contribution in [0.15, 0.2) is 54.7 Å². The summed E-state index contributed by atoms with van der Waals surface area (Å²) in [7, 11) is 1.55. The summed E-state index contributed by atoms with van der Waals surface area (Å²) in [4.78, 5) is 23.7. The first-order chi connectivity index (χ1) is 19.3. The molecule has 1 aliphatic heterocycles. The van der Waals surface area contributed by atoms with Crippen LogP contribution in [0, 0.1) is 17.2 Å². The number of hydrogen-bond acceptors (Lipinski definition) is 9. The minimum Gasteiger partial charge on any atom is -0.497 e. The number of hydrogen-bond donors (Lipinski definition) is 4. The van der Waals surface area contributed by atoms with Crippen LogP contribution in [-0.4, -0.2) is 47.3 Å². The van der Waals surface area contributed by atoms with Crippen molar-refractivity contribution in [2.75, 3.05) is 41.0 Å². The second kappa shape index (κ2) is 11.8. The molecule has 206 valence electrons. The van der Waals surface area contributed by atoms with Gasteiger partial charge in [-0.25, -0.2) is 4.98 Å². The van der Waals surface area contributed by atoms with Gasteiger partial charge in [-0.2, -0.15) is 10.2 Å². The molecule has 2 aromatic carbocycles. The number of nitrogens with one attached hydrogen (secondary N) is 3. The third-order valence-electron chi connectivity index (χ3n) is 7.26. The fourth-order valence-electron chi connectivity index (χ4n) is 4.68. The lowest BCUT2D eigenvalue weighted by molar-refractivity contribution is -0.113. The maximum atomic E-state index is 12.9. The number of amides is 1. The normalized spacial score (nSPS) is 16.6. The Morgan fingerprint density at radius 3 is 2.65 bits per heavy atom. The molecule has 0 spiro atoms. The van der Waals surface area contributed by atoms with Crippen molar-refractivity contribution in [1.82, 2.24) is 9.97 Å². The molecule has 5 rings (SSSR count). The number of benzene rings is 2. The molecule has 4 N–H and O–H groups in total. The van der Waals surface area contributed by atoms with Crippen LogP contribution in [0.25, 0.3) is 0 Å². The SMILES string of the molecule is C=C(C(=O)Nc1cc(OC)ccc1Nc1nc(Nc2ccc(N3CC[C@H](O)C3)cc2C#N)ncc1Cl)C1CCC1. The second-order valence-electron chi connectivity index (χ2n) is 9.89. The van der Waals surface area contributed by atoms with Gasteiger partial charge in [0, 0.05) is 30.4 Å². The number of nitriles is 1. The van der Waals surface area contributed by atoms with E-state index >= 15 is 0 Å². The van der Waals surface area contributed by atoms with Crippen molar-refractivity contribution < 1.29 is 14.6 Å². The number of β-amino-alcohol motifs (C(OH)–C–C–N with tert-alkyl or cyclic N) is 1. The van der Waals surface area contributed by atoms with Crippen LogP contribution in [0.4, 0.5) is 34.5 Å². The molecule has 1 saturated carbocycles. The van der Waals surface area contributed by atoms with Gasteiger partial charge in [0.1, 0.15) is 16.8 Å². The van der Waals surface area contributed by atoms with Gasteiger partial charge in [-0.15, -0.1) is 0 Å². The molecule has 1 aliphatic carbocycles. The fraction of sp³-hybridized carbons (Fsp3) is 0.310. The molecule has 0 bridgehead atoms. The van der Waals surface area contributed by atoms with E-state index < -0.39 is 0 Å². The first-order valence-electron chi connectivity index (χ1n) is 13.1. The Hall–Kier alpha value is -4.33. The summed E-state index contributed by atoms with van der Waals surface area (Å²) in [6.45, 7) is 5.26. The molecule has 0 unspecified atom stereocenters. The zero-order valence-corrected chi connectivity index (χ0v) is 22.8. The zero-order chi connectivity index (χ0) is 28.2. The highest BCUT2D eigenvalue weighted by Gasteiger charge is 2.26. The van der Waals surface area contributed by atoms with E-state index in [0.717, 1.165) is 31.5 Å². The molecule has 1 atom stereocenters. The number of methoxy groups -OCH3 is 1. The third-order valence-corrected chi connectivity index (χ3v) is 7.54. The summed E-state index contributed by atoms with van der Waals surface area (Å²) in [6.07, 6.45) is 4.83. The maximum absolute atomic E-state index is 12.9. The minimum atomic E-state index is -0.363. The monoisotopic (exact) mass is 559 g/mol. The highest BCUT2D eigenvalue weighted by molar-refractivity contribution is 6.33. The fourth-order valence-corrected chi connectivity index (χ4v) is 4.82. The first-order valence-corrected chi connectivity index (χ1v) is 13.4. The van der Waals surface area contributed by atoms with Crippen LogP contribution in [0.2, 0.25) is 5.02 Å². The van der Waals surface area contributed by atoms with Gasteiger partial charge in [-0.1, -0.05) is 24.6 Å². The number of rotatable bonds is 9. The first kappa shape index (κ1) is 27.2. The van der Waals surface area contributed by atoms with Crippen molar-refractivity contribution in [3.8, 4) is 11.8 Å². The molecule has 1 saturated heterocycles. The van der Waals surface area contributed by atoms with Crippen LogP contribution in [0.3, 0.4) is 0 Å². The van der Waals surface area contributed by atoms with Crippen LogP contribution in [0.5, 0.6) is 5.75 Å². The van der Waals surface area contributed by atoms with E-state index in [1.54, 1.807) is 37.4 Å². The summed E-state index contributed by atoms with van der Waals surface area (Å²) in [6, 6.07) is 12.9. The highest BCUT2D eigenvalue weighted by Crippen LogP contribution is 2.36. The number of ether oxygens (including phenoxy) is 1. The lowest BCUT2D eigenvalue weighted by Gasteiger charge is -2.27. The molecule has 2 aliphatic rings. The lowest BCUT2D eigenvalue weighted by Crippen LogP contribution is -2.24. The molecular formula is C29H30ClN7O3. The van der Waals surface area contributed by atoms with Crippen LogP contribution in [0.1, 0.15) is 31.2 Å². The van der Waals surface area contributed by atoms with E-state index in [0.29, 0.717) is 52.7 Å². The number of carbonyl (C=O) groups is 1. The smallest absolute Gasteiger partial charge is 0.251 e. The summed E-state index contributed by atoms with van der Waals surface area (Å²) in [5, 5.41) is 29.1. The van der Waals surface area contributed by atoms with Gasteiger partial charge in [0.2, 0.25) is 5.95 Å². The molecule has 10 nitrogen and oxygen atoms in total. The van der Waals surface area contributed by atoms with E-state index in [1.807, 2.05) is 11.0 Å². The highest BCUT2D eigenvalue weighted by atomic mass is 35.5. The van der Waals surface area contributed by atoms with Gasteiger partial charge >= 0.3 is 0 Å². The largest absolute Gasteiger partial charge is 0.497 e. The molecule has 2 fully saturated rings. The third kappa shape index (κ3) is 5.96. The minimum absolute atomic E-state index is 0.210. The molecule has 2 heterocycles. The number of aliphatic hydroxyl groups excluding tert-OH is 1. The van der Waals surface area contributed by atoms with Gasteiger partial charge in [0.05, 0.1) is 42.0 Å². The van der Waals surface area contributed by atoms with E-state index in [2.05, 4.69) is 38.6 Å². The average Bonchev–Trinajstić information content (AvgIpc) is 3.36. The number of aliphatic hydroxyl groups is 1. The van der Waals surface area contributed by atoms with Crippen molar-refractivity contribution in [2.24, 2.45) is 5.92 Å². The summed E-state index contributed by atoms with van der Waals surface area (Å²) in [5.41, 5.74) is 3.42. The van der Waals surface area contributed by atoms with E-state index in [9.17, 15) is 15.2 Å². The van der Waals surface area contributed by atoms with Crippen molar-refractivity contribution in [3.63, 3.8) is 0 Å². The number of carbonyl (C=O) groups excluding carboxylic acids is 1. The Kier molecular flexibility index (Phi) is 8.05. The van der Waals surface area contributed by atoms with Crippen molar-refractivity contribution >= 4 is 52.0 Å². The van der Waals surface area contributed by atoms with E-state index in [-0.39, 0.29) is 28.9 Å². The predicted octanol–water partition coefficient (Wildman–Crippen LogP) is 5.36. The number of aromatic nitrogens is 2. The second-order valence-corrected chi connectivity index (χ2v) is 10.3. The van der Waals surface area contributed by atoms with Gasteiger partial charge in [-0.3, -0.25) is 4.79 Å². The Balaban J connectivity index is 1.36. The van der Waals surface area contributed by atoms with Gasteiger partial charge in [0.15, 0.2) is 5.82 Å². The number of nitrogens with zero attached hydrogens (tertiary/aromatic N) is 4. The van der Waals surface area contributed by atoms with E-state index in [1.165, 1.54) is 6.20 Å². The predicted molar refractivity (Wildman–Crippen MR) is 156 cm³/mol. The number of anilines is 6. The zero-order valence-electron chi connectivity index (χ0n) is 22.1. The standard InChI is InChI=1S/C29H30ClN7O3/c1-17(18-4-3-5-18)28(39)34-26-13-22(40-2)7-9-25(26)33-27-23(30)15-32-29(36-27)35-24-8-6-20(12-19(24)14-31)37-11-10-21(38)16-37/h6-9,12-13,15,18,21,38H,1,3-5,10-11,16H2,2H3,(H,34,39)(H2,32,33,35,36)/t21-/m0/s1. The molecule has 11 heteroatoms. The van der Waals surface area contributed by atoms with Crippen molar-refractivity contribution in [3.05, 3.63) is 65.3 Å².